The van der Waals surface area contributed by atoms with E-state index in [1.165, 1.54) is 18.2 Å². The quantitative estimate of drug-likeness (QED) is 0.327. The maximum atomic E-state index is 13.3. The van der Waals surface area contributed by atoms with Crippen LogP contribution >= 0.6 is 0 Å². The smallest absolute Gasteiger partial charge is 0.354 e. The number of nitrogens with one attached hydrogen (secondary N) is 1. The van der Waals surface area contributed by atoms with E-state index < -0.39 is 11.7 Å². The van der Waals surface area contributed by atoms with Crippen molar-refractivity contribution in [2.24, 2.45) is 0 Å². The fraction of sp³-hybridized carbons (Fsp3) is 0.154. The number of hydrogen-bond donors (Lipinski definition) is 1. The molecule has 172 valence electrons. The molecule has 34 heavy (non-hydrogen) atoms. The minimum atomic E-state index is -4.52. The summed E-state index contributed by atoms with van der Waals surface area (Å²) in [6.07, 6.45) is 3.44. The second-order valence-electron chi connectivity index (χ2n) is 7.51. The molecule has 4 rings (SSSR count). The predicted molar refractivity (Wildman–Crippen MR) is 122 cm³/mol. The minimum Gasteiger partial charge on any atom is -0.354 e. The maximum Gasteiger partial charge on any atom is 0.417 e. The number of rotatable bonds is 6. The number of benzene rings is 2. The molecule has 2 heterocycles. The summed E-state index contributed by atoms with van der Waals surface area (Å²) in [6, 6.07) is 15.7. The van der Waals surface area contributed by atoms with Crippen LogP contribution in [0.3, 0.4) is 0 Å². The van der Waals surface area contributed by atoms with Crippen LogP contribution in [0.5, 0.6) is 0 Å². The molecule has 0 saturated heterocycles. The molecule has 0 aliphatic rings. The lowest BCUT2D eigenvalue weighted by atomic mass is 10.0. The Morgan fingerprint density at radius 1 is 0.941 bits per heavy atom. The zero-order valence-electron chi connectivity index (χ0n) is 18.1. The second-order valence-corrected chi connectivity index (χ2v) is 7.51. The van der Waals surface area contributed by atoms with Gasteiger partial charge >= 0.3 is 6.18 Å². The van der Waals surface area contributed by atoms with Gasteiger partial charge in [-0.05, 0) is 55.0 Å². The number of alkyl halides is 3. The van der Waals surface area contributed by atoms with Crippen LogP contribution in [-0.2, 0) is 12.7 Å². The second kappa shape index (κ2) is 10.1. The number of hydrogen-bond acceptors (Lipinski definition) is 2. The van der Waals surface area contributed by atoms with E-state index in [-0.39, 0.29) is 11.5 Å². The van der Waals surface area contributed by atoms with E-state index >= 15 is 0 Å². The number of nitrogens with zero attached hydrogens (tertiary/aromatic N) is 3. The molecule has 0 radical (unpaired) electrons. The van der Waals surface area contributed by atoms with Crippen molar-refractivity contribution in [3.63, 3.8) is 0 Å². The number of aromatic nitrogens is 3. The normalized spacial score (nSPS) is 11.0. The highest BCUT2D eigenvalue weighted by atomic mass is 19.4. The van der Waals surface area contributed by atoms with Gasteiger partial charge in [-0.15, -0.1) is 0 Å². The van der Waals surface area contributed by atoms with Crippen LogP contribution in [0.25, 0.3) is 5.69 Å². The molecular weight excluding hydrogens is 441 g/mol. The minimum absolute atomic E-state index is 0.138. The molecular formula is C26H21F3N4O. The molecule has 8 heteroatoms. The summed E-state index contributed by atoms with van der Waals surface area (Å²) < 4.78 is 43.6. The molecule has 2 aromatic heterocycles. The SMILES string of the molecule is O=C(NCCCn1cccc1)c1ccc(-n2cccn2)c(C#Cc2ccccc2C(F)(F)F)c1. The van der Waals surface area contributed by atoms with E-state index in [0.717, 1.165) is 19.0 Å². The number of halogens is 3. The molecule has 0 aliphatic heterocycles. The average molecular weight is 462 g/mol. The lowest BCUT2D eigenvalue weighted by Crippen LogP contribution is -2.25. The van der Waals surface area contributed by atoms with E-state index in [9.17, 15) is 18.0 Å². The fourth-order valence-electron chi connectivity index (χ4n) is 3.45. The molecule has 4 aromatic rings. The van der Waals surface area contributed by atoms with Crippen molar-refractivity contribution in [2.75, 3.05) is 6.54 Å². The third-order valence-electron chi connectivity index (χ3n) is 5.12. The summed E-state index contributed by atoms with van der Waals surface area (Å²) in [5.74, 6) is 5.16. The monoisotopic (exact) mass is 462 g/mol. The van der Waals surface area contributed by atoms with Crippen molar-refractivity contribution in [3.05, 3.63) is 108 Å². The number of carbonyl (C=O) groups excluding carboxylic acids is 1. The zero-order valence-corrected chi connectivity index (χ0v) is 18.1. The van der Waals surface area contributed by atoms with Crippen LogP contribution in [0.2, 0.25) is 0 Å². The topological polar surface area (TPSA) is 51.9 Å². The molecule has 0 spiro atoms. The third-order valence-corrected chi connectivity index (χ3v) is 5.12. The van der Waals surface area contributed by atoms with Gasteiger partial charge in [0.2, 0.25) is 0 Å². The Bertz CT molecular complexity index is 1310. The maximum absolute atomic E-state index is 13.3. The molecule has 0 unspecified atom stereocenters. The Kier molecular flexibility index (Phi) is 6.83. The van der Waals surface area contributed by atoms with Gasteiger partial charge in [0.1, 0.15) is 0 Å². The summed E-state index contributed by atoms with van der Waals surface area (Å²) in [5.41, 5.74) is 0.373. The summed E-state index contributed by atoms with van der Waals surface area (Å²) in [7, 11) is 0. The highest BCUT2D eigenvalue weighted by Gasteiger charge is 2.32. The van der Waals surface area contributed by atoms with Crippen LogP contribution in [0.15, 0.2) is 85.5 Å². The first kappa shape index (κ1) is 22.9. The summed E-state index contributed by atoms with van der Waals surface area (Å²) in [4.78, 5) is 12.7. The van der Waals surface area contributed by atoms with E-state index in [2.05, 4.69) is 22.3 Å². The van der Waals surface area contributed by atoms with Crippen molar-refractivity contribution in [1.29, 1.82) is 0 Å². The highest BCUT2D eigenvalue weighted by Crippen LogP contribution is 2.31. The van der Waals surface area contributed by atoms with Crippen molar-refractivity contribution in [3.8, 4) is 17.5 Å². The molecule has 1 amide bonds. The van der Waals surface area contributed by atoms with Crippen molar-refractivity contribution in [2.45, 2.75) is 19.1 Å². The largest absolute Gasteiger partial charge is 0.417 e. The molecule has 2 aromatic carbocycles. The molecule has 1 N–H and O–H groups in total. The Morgan fingerprint density at radius 2 is 1.71 bits per heavy atom. The fourth-order valence-corrected chi connectivity index (χ4v) is 3.45. The third kappa shape index (κ3) is 5.56. The molecule has 0 atom stereocenters. The van der Waals surface area contributed by atoms with Gasteiger partial charge in [-0.2, -0.15) is 18.3 Å². The number of amides is 1. The van der Waals surface area contributed by atoms with E-state index in [1.54, 1.807) is 41.3 Å². The molecule has 0 bridgehead atoms. The van der Waals surface area contributed by atoms with Gasteiger partial charge in [0.15, 0.2) is 0 Å². The first-order valence-corrected chi connectivity index (χ1v) is 10.6. The van der Waals surface area contributed by atoms with Crippen LogP contribution in [-0.4, -0.2) is 26.8 Å². The molecule has 0 aliphatic carbocycles. The van der Waals surface area contributed by atoms with E-state index in [1.807, 2.05) is 29.1 Å². The van der Waals surface area contributed by atoms with Crippen molar-refractivity contribution in [1.82, 2.24) is 19.7 Å². The van der Waals surface area contributed by atoms with Gasteiger partial charge in [0, 0.05) is 49.0 Å². The van der Waals surface area contributed by atoms with Crippen LogP contribution in [0, 0.1) is 11.8 Å². The first-order valence-electron chi connectivity index (χ1n) is 10.6. The Hall–Kier alpha value is -4.25. The van der Waals surface area contributed by atoms with Crippen LogP contribution < -0.4 is 5.32 Å². The Labute approximate surface area is 194 Å². The van der Waals surface area contributed by atoms with Gasteiger partial charge < -0.3 is 9.88 Å². The van der Waals surface area contributed by atoms with Gasteiger partial charge in [0.05, 0.1) is 16.8 Å². The van der Waals surface area contributed by atoms with Crippen LogP contribution in [0.4, 0.5) is 13.2 Å². The van der Waals surface area contributed by atoms with Gasteiger partial charge in [-0.1, -0.05) is 24.0 Å². The molecule has 0 fully saturated rings. The Balaban J connectivity index is 1.58. The highest BCUT2D eigenvalue weighted by molar-refractivity contribution is 5.95. The summed E-state index contributed by atoms with van der Waals surface area (Å²) >= 11 is 0. The van der Waals surface area contributed by atoms with Crippen molar-refractivity contribution >= 4 is 5.91 Å². The lowest BCUT2D eigenvalue weighted by Gasteiger charge is -2.10. The van der Waals surface area contributed by atoms with Gasteiger partial charge in [-0.25, -0.2) is 4.68 Å². The molecule has 0 saturated carbocycles. The number of aryl methyl sites for hydroxylation is 1. The average Bonchev–Trinajstić information content (AvgIpc) is 3.54. The zero-order chi connectivity index (χ0) is 24.0. The first-order chi connectivity index (χ1) is 16.4. The predicted octanol–water partition coefficient (Wildman–Crippen LogP) is 4.91. The van der Waals surface area contributed by atoms with Gasteiger partial charge in [0.25, 0.3) is 5.91 Å². The summed E-state index contributed by atoms with van der Waals surface area (Å²) in [5, 5.41) is 7.06. The van der Waals surface area contributed by atoms with E-state index in [0.29, 0.717) is 23.4 Å². The standard InChI is InChI=1S/C26H21F3N4O/c27-26(28,29)23-8-2-1-7-20(23)9-10-21-19-22(11-12-24(21)33-18-6-14-31-33)25(34)30-13-5-17-32-15-3-4-16-32/h1-4,6-8,11-12,14-16,18-19H,5,13,17H2,(H,30,34). The molecule has 5 nitrogen and oxygen atoms in total. The van der Waals surface area contributed by atoms with Crippen LogP contribution in [0.1, 0.15) is 33.5 Å². The number of carbonyl (C=O) groups is 1. The summed E-state index contributed by atoms with van der Waals surface area (Å²) in [6.45, 7) is 1.26. The van der Waals surface area contributed by atoms with Crippen molar-refractivity contribution < 1.29 is 18.0 Å². The van der Waals surface area contributed by atoms with E-state index in [4.69, 9.17) is 0 Å². The lowest BCUT2D eigenvalue weighted by molar-refractivity contribution is -0.137. The van der Waals surface area contributed by atoms with Gasteiger partial charge in [-0.3, -0.25) is 4.79 Å². The Morgan fingerprint density at radius 3 is 2.44 bits per heavy atom.